The van der Waals surface area contributed by atoms with E-state index in [1.165, 1.54) is 12.1 Å². The Hall–Kier alpha value is -3.06. The van der Waals surface area contributed by atoms with Crippen molar-refractivity contribution in [1.29, 1.82) is 0 Å². The number of hydrogen-bond acceptors (Lipinski definition) is 5. The van der Waals surface area contributed by atoms with Gasteiger partial charge in [-0.2, -0.15) is 8.78 Å². The zero-order valence-corrected chi connectivity index (χ0v) is 17.7. The van der Waals surface area contributed by atoms with Crippen molar-refractivity contribution in [2.24, 2.45) is 10.7 Å². The second-order valence-electron chi connectivity index (χ2n) is 6.61. The standard InChI is InChI=1S/C23H28F2N4O/c1-5-7-17(14-26)21-20(16(6-2)15-27-4)12-13-28-22(21)29-18-8-10-19(11-9-18)30-23(3,24)25/h6-13,15H,5,14,26H2,1-4H3,(H,28,29)/b16-6+,17-7+,27-15-. The van der Waals surface area contributed by atoms with Crippen molar-refractivity contribution in [3.05, 3.63) is 59.8 Å². The zero-order chi connectivity index (χ0) is 22.1. The lowest BCUT2D eigenvalue weighted by Crippen LogP contribution is -2.18. The van der Waals surface area contributed by atoms with Crippen molar-refractivity contribution < 1.29 is 13.5 Å². The van der Waals surface area contributed by atoms with Crippen LogP contribution in [0.5, 0.6) is 5.75 Å². The van der Waals surface area contributed by atoms with Gasteiger partial charge in [-0.1, -0.05) is 19.1 Å². The van der Waals surface area contributed by atoms with Crippen LogP contribution in [-0.2, 0) is 0 Å². The summed E-state index contributed by atoms with van der Waals surface area (Å²) in [5, 5.41) is 3.27. The monoisotopic (exact) mass is 414 g/mol. The van der Waals surface area contributed by atoms with Gasteiger partial charge in [-0.3, -0.25) is 4.99 Å². The topological polar surface area (TPSA) is 72.5 Å². The molecule has 0 spiro atoms. The normalized spacial score (nSPS) is 13.0. The molecule has 2 aromatic rings. The summed E-state index contributed by atoms with van der Waals surface area (Å²) in [7, 11) is 1.72. The highest BCUT2D eigenvalue weighted by Gasteiger charge is 2.23. The number of ether oxygens (including phenoxy) is 1. The van der Waals surface area contributed by atoms with Crippen LogP contribution in [0.25, 0.3) is 11.1 Å². The first-order valence-corrected chi connectivity index (χ1v) is 9.74. The van der Waals surface area contributed by atoms with Gasteiger partial charge in [0.1, 0.15) is 11.6 Å². The minimum absolute atomic E-state index is 0.0823. The SMILES string of the molecule is C/C=C(\C=N/C)c1ccnc(Nc2ccc(OC(C)(F)F)cc2)c1/C(=C/CC)CN. The maximum atomic E-state index is 13.0. The van der Waals surface area contributed by atoms with E-state index in [9.17, 15) is 8.78 Å². The molecule has 0 saturated carbocycles. The number of alkyl halides is 2. The number of benzene rings is 1. The molecule has 2 rings (SSSR count). The van der Waals surface area contributed by atoms with Crippen molar-refractivity contribution >= 4 is 28.9 Å². The van der Waals surface area contributed by atoms with Gasteiger partial charge in [-0.15, -0.1) is 0 Å². The summed E-state index contributed by atoms with van der Waals surface area (Å²) in [5.74, 6) is 0.704. The lowest BCUT2D eigenvalue weighted by molar-refractivity contribution is -0.158. The van der Waals surface area contributed by atoms with Crippen LogP contribution in [0.4, 0.5) is 20.3 Å². The Morgan fingerprint density at radius 2 is 1.97 bits per heavy atom. The summed E-state index contributed by atoms with van der Waals surface area (Å²) >= 11 is 0. The molecule has 0 fully saturated rings. The summed E-state index contributed by atoms with van der Waals surface area (Å²) in [6.07, 6.45) is 5.14. The van der Waals surface area contributed by atoms with E-state index in [-0.39, 0.29) is 5.75 Å². The lowest BCUT2D eigenvalue weighted by atomic mass is 9.94. The molecule has 0 radical (unpaired) electrons. The molecule has 5 nitrogen and oxygen atoms in total. The molecule has 0 atom stereocenters. The molecule has 0 aliphatic rings. The molecular formula is C23H28F2N4O. The molecule has 0 bridgehead atoms. The molecule has 0 saturated heterocycles. The predicted molar refractivity (Wildman–Crippen MR) is 121 cm³/mol. The molecule has 30 heavy (non-hydrogen) atoms. The highest BCUT2D eigenvalue weighted by atomic mass is 19.3. The Morgan fingerprint density at radius 1 is 1.27 bits per heavy atom. The third kappa shape index (κ3) is 6.22. The summed E-state index contributed by atoms with van der Waals surface area (Å²) in [6, 6.07) is 8.22. The minimum Gasteiger partial charge on any atom is -0.433 e. The number of rotatable bonds is 9. The second kappa shape index (κ2) is 10.6. The molecule has 1 aromatic heterocycles. The fraction of sp³-hybridized carbons (Fsp3) is 0.304. The molecule has 1 heterocycles. The number of nitrogens with one attached hydrogen (secondary N) is 1. The van der Waals surface area contributed by atoms with Crippen molar-refractivity contribution in [1.82, 2.24) is 4.98 Å². The molecule has 7 heteroatoms. The number of halogens is 2. The third-order valence-corrected chi connectivity index (χ3v) is 4.25. The van der Waals surface area contributed by atoms with Crippen molar-refractivity contribution in [3.8, 4) is 5.75 Å². The maximum Gasteiger partial charge on any atom is 0.394 e. The molecule has 0 aliphatic heterocycles. The van der Waals surface area contributed by atoms with Crippen LogP contribution < -0.4 is 15.8 Å². The fourth-order valence-corrected chi connectivity index (χ4v) is 3.04. The van der Waals surface area contributed by atoms with E-state index in [1.807, 2.05) is 26.0 Å². The average molecular weight is 415 g/mol. The van der Waals surface area contributed by atoms with E-state index >= 15 is 0 Å². The Balaban J connectivity index is 2.50. The molecular weight excluding hydrogens is 386 g/mol. The van der Waals surface area contributed by atoms with Gasteiger partial charge in [0, 0.05) is 44.2 Å². The van der Waals surface area contributed by atoms with Crippen LogP contribution in [0.2, 0.25) is 0 Å². The summed E-state index contributed by atoms with van der Waals surface area (Å²) in [6.45, 7) is 5.04. The van der Waals surface area contributed by atoms with Crippen molar-refractivity contribution in [2.75, 3.05) is 18.9 Å². The number of allylic oxidation sites excluding steroid dienone is 3. The summed E-state index contributed by atoms with van der Waals surface area (Å²) in [4.78, 5) is 8.66. The zero-order valence-electron chi connectivity index (χ0n) is 17.7. The number of nitrogens with two attached hydrogens (primary N) is 1. The van der Waals surface area contributed by atoms with Gasteiger partial charge in [0.15, 0.2) is 0 Å². The Bertz CT molecular complexity index is 929. The maximum absolute atomic E-state index is 13.0. The van der Waals surface area contributed by atoms with Crippen LogP contribution in [0.1, 0.15) is 38.3 Å². The molecule has 0 aliphatic carbocycles. The number of aliphatic imine (C=N–C) groups is 1. The first kappa shape index (κ1) is 23.2. The predicted octanol–water partition coefficient (Wildman–Crippen LogP) is 5.67. The smallest absolute Gasteiger partial charge is 0.394 e. The second-order valence-corrected chi connectivity index (χ2v) is 6.61. The van der Waals surface area contributed by atoms with E-state index < -0.39 is 6.11 Å². The van der Waals surface area contributed by atoms with Gasteiger partial charge in [-0.25, -0.2) is 4.98 Å². The average Bonchev–Trinajstić information content (AvgIpc) is 2.71. The van der Waals surface area contributed by atoms with Crippen molar-refractivity contribution in [3.63, 3.8) is 0 Å². The lowest BCUT2D eigenvalue weighted by Gasteiger charge is -2.18. The van der Waals surface area contributed by atoms with E-state index in [0.717, 1.165) is 28.7 Å². The van der Waals surface area contributed by atoms with E-state index in [4.69, 9.17) is 5.73 Å². The van der Waals surface area contributed by atoms with Gasteiger partial charge >= 0.3 is 6.11 Å². The van der Waals surface area contributed by atoms with Crippen LogP contribution in [0.15, 0.2) is 53.7 Å². The highest BCUT2D eigenvalue weighted by molar-refractivity contribution is 6.12. The largest absolute Gasteiger partial charge is 0.433 e. The Morgan fingerprint density at radius 3 is 2.50 bits per heavy atom. The van der Waals surface area contributed by atoms with E-state index in [1.54, 1.807) is 31.6 Å². The minimum atomic E-state index is -3.23. The number of pyridine rings is 1. The first-order chi connectivity index (χ1) is 14.3. The van der Waals surface area contributed by atoms with Gasteiger partial charge in [0.2, 0.25) is 0 Å². The molecule has 3 N–H and O–H groups in total. The molecule has 0 unspecified atom stereocenters. The van der Waals surface area contributed by atoms with Gasteiger partial charge < -0.3 is 15.8 Å². The Kier molecular flexibility index (Phi) is 8.24. The number of nitrogens with zero attached hydrogens (tertiary/aromatic N) is 2. The highest BCUT2D eigenvalue weighted by Crippen LogP contribution is 2.32. The third-order valence-electron chi connectivity index (χ3n) is 4.25. The van der Waals surface area contributed by atoms with Crippen LogP contribution in [0.3, 0.4) is 0 Å². The van der Waals surface area contributed by atoms with E-state index in [2.05, 4.69) is 26.1 Å². The van der Waals surface area contributed by atoms with Crippen molar-refractivity contribution in [2.45, 2.75) is 33.3 Å². The number of hydrogen-bond donors (Lipinski definition) is 2. The Labute approximate surface area is 176 Å². The number of anilines is 2. The fourth-order valence-electron chi connectivity index (χ4n) is 3.04. The van der Waals surface area contributed by atoms with Crippen LogP contribution in [0, 0.1) is 0 Å². The molecule has 160 valence electrons. The summed E-state index contributed by atoms with van der Waals surface area (Å²) < 4.78 is 30.7. The molecule has 0 amide bonds. The quantitative estimate of drug-likeness (QED) is 0.518. The first-order valence-electron chi connectivity index (χ1n) is 9.74. The van der Waals surface area contributed by atoms with Gasteiger partial charge in [0.05, 0.1) is 0 Å². The van der Waals surface area contributed by atoms with Crippen LogP contribution in [-0.4, -0.2) is 30.9 Å². The number of aromatic nitrogens is 1. The summed E-state index contributed by atoms with van der Waals surface area (Å²) in [5.41, 5.74) is 10.5. The van der Waals surface area contributed by atoms with Gasteiger partial charge in [-0.05, 0) is 60.4 Å². The van der Waals surface area contributed by atoms with E-state index in [0.29, 0.717) is 25.0 Å². The van der Waals surface area contributed by atoms with Crippen LogP contribution >= 0.6 is 0 Å². The molecule has 1 aromatic carbocycles. The van der Waals surface area contributed by atoms with Gasteiger partial charge in [0.25, 0.3) is 0 Å².